The van der Waals surface area contributed by atoms with Crippen LogP contribution in [0.2, 0.25) is 0 Å². The lowest BCUT2D eigenvalue weighted by Gasteiger charge is -2.34. The van der Waals surface area contributed by atoms with Gasteiger partial charge in [0.25, 0.3) is 0 Å². The fourth-order valence-electron chi connectivity index (χ4n) is 4.07. The van der Waals surface area contributed by atoms with E-state index in [0.29, 0.717) is 5.41 Å². The van der Waals surface area contributed by atoms with Crippen LogP contribution in [-0.2, 0) is 13.1 Å². The van der Waals surface area contributed by atoms with Gasteiger partial charge in [-0.25, -0.2) is 4.98 Å². The minimum atomic E-state index is 0.604. The van der Waals surface area contributed by atoms with Crippen molar-refractivity contribution in [1.29, 1.82) is 0 Å². The van der Waals surface area contributed by atoms with Crippen molar-refractivity contribution in [3.63, 3.8) is 0 Å². The van der Waals surface area contributed by atoms with Crippen LogP contribution in [0.25, 0.3) is 0 Å². The molecule has 2 aromatic rings. The smallest absolute Gasteiger partial charge is 0.107 e. The number of nitrogens with zero attached hydrogens (tertiary/aromatic N) is 3. The molecule has 1 unspecified atom stereocenters. The molecule has 5 heteroatoms. The van der Waals surface area contributed by atoms with E-state index in [9.17, 15) is 0 Å². The third-order valence-electron chi connectivity index (χ3n) is 5.73. The van der Waals surface area contributed by atoms with Crippen LogP contribution in [0.4, 0.5) is 0 Å². The Bertz CT molecular complexity index is 641. The molecule has 2 fully saturated rings. The van der Waals surface area contributed by atoms with Gasteiger partial charge in [-0.05, 0) is 68.7 Å². The molecule has 0 aromatic carbocycles. The second kappa shape index (κ2) is 6.28. The van der Waals surface area contributed by atoms with Crippen LogP contribution in [0.3, 0.4) is 0 Å². The van der Waals surface area contributed by atoms with Crippen molar-refractivity contribution in [3.8, 4) is 0 Å². The molecule has 1 aliphatic carbocycles. The van der Waals surface area contributed by atoms with Gasteiger partial charge >= 0.3 is 0 Å². The van der Waals surface area contributed by atoms with Crippen molar-refractivity contribution in [2.75, 3.05) is 20.1 Å². The van der Waals surface area contributed by atoms with Gasteiger partial charge in [0, 0.05) is 29.0 Å². The molecule has 23 heavy (non-hydrogen) atoms. The number of piperidine rings is 1. The first-order valence-corrected chi connectivity index (χ1v) is 10.3. The Morgan fingerprint density at radius 2 is 2.13 bits per heavy atom. The molecule has 124 valence electrons. The summed E-state index contributed by atoms with van der Waals surface area (Å²) >= 11 is 3.69. The third-order valence-corrected chi connectivity index (χ3v) is 7.51. The Balaban J connectivity index is 1.29. The highest BCUT2D eigenvalue weighted by Crippen LogP contribution is 2.56. The Hall–Kier alpha value is -0.750. The van der Waals surface area contributed by atoms with Gasteiger partial charge < -0.3 is 0 Å². The van der Waals surface area contributed by atoms with Crippen LogP contribution in [0.15, 0.2) is 23.0 Å². The van der Waals surface area contributed by atoms with E-state index >= 15 is 0 Å². The van der Waals surface area contributed by atoms with Crippen LogP contribution >= 0.6 is 22.7 Å². The van der Waals surface area contributed by atoms with Crippen LogP contribution in [0, 0.1) is 12.3 Å². The maximum absolute atomic E-state index is 4.43. The second-order valence-corrected chi connectivity index (χ2v) is 9.21. The maximum atomic E-state index is 4.43. The first-order valence-electron chi connectivity index (χ1n) is 8.50. The first kappa shape index (κ1) is 15.8. The average molecular weight is 348 g/mol. The molecule has 1 saturated carbocycles. The van der Waals surface area contributed by atoms with Crippen LogP contribution in [0.1, 0.15) is 34.7 Å². The molecule has 1 spiro atoms. The summed E-state index contributed by atoms with van der Waals surface area (Å²) < 4.78 is 0. The molecule has 2 aromatic heterocycles. The third kappa shape index (κ3) is 3.25. The van der Waals surface area contributed by atoms with E-state index in [1.165, 1.54) is 42.9 Å². The fourth-order valence-corrected chi connectivity index (χ4v) is 5.69. The maximum Gasteiger partial charge on any atom is 0.107 e. The van der Waals surface area contributed by atoms with Gasteiger partial charge in [-0.15, -0.1) is 22.7 Å². The van der Waals surface area contributed by atoms with E-state index in [4.69, 9.17) is 0 Å². The zero-order chi connectivity index (χ0) is 15.9. The Labute approximate surface area is 147 Å². The Morgan fingerprint density at radius 1 is 1.30 bits per heavy atom. The normalized spacial score (nSPS) is 23.7. The van der Waals surface area contributed by atoms with Gasteiger partial charge in [0.15, 0.2) is 0 Å². The molecule has 2 aliphatic rings. The molecule has 4 rings (SSSR count). The lowest BCUT2D eigenvalue weighted by molar-refractivity contribution is 0.140. The number of likely N-dealkylation sites (tertiary alicyclic amines) is 1. The summed E-state index contributed by atoms with van der Waals surface area (Å²) in [5.41, 5.74) is 2.07. The monoisotopic (exact) mass is 347 g/mol. The second-order valence-electron chi connectivity index (χ2n) is 7.23. The molecule has 1 saturated heterocycles. The first-order chi connectivity index (χ1) is 11.2. The lowest BCUT2D eigenvalue weighted by atomic mass is 9.92. The van der Waals surface area contributed by atoms with Gasteiger partial charge in [-0.2, -0.15) is 0 Å². The topological polar surface area (TPSA) is 19.4 Å². The molecule has 0 amide bonds. The summed E-state index contributed by atoms with van der Waals surface area (Å²) in [7, 11) is 2.28. The molecule has 1 aliphatic heterocycles. The van der Waals surface area contributed by atoms with Gasteiger partial charge in [0.2, 0.25) is 0 Å². The standard InChI is InChI=1S/C18H25N3S2/c1-14-3-9-22-15(14)12-21-7-4-18(5-8-21)11-16(18)20(2)13-17-19-6-10-23-17/h3,6,9-10,16H,4-5,7-8,11-13H2,1-2H3. The SMILES string of the molecule is Cc1ccsc1CN1CCC2(CC1)CC2N(C)Cc1nccs1. The highest BCUT2D eigenvalue weighted by molar-refractivity contribution is 7.10. The number of hydrogen-bond acceptors (Lipinski definition) is 5. The predicted octanol–water partition coefficient (Wildman–Crippen LogP) is 4.00. The summed E-state index contributed by atoms with van der Waals surface area (Å²) in [4.78, 5) is 11.2. The van der Waals surface area contributed by atoms with Crippen molar-refractivity contribution in [3.05, 3.63) is 38.5 Å². The molecule has 0 radical (unpaired) electrons. The number of thiazole rings is 1. The van der Waals surface area contributed by atoms with E-state index in [-0.39, 0.29) is 0 Å². The molecule has 1 atom stereocenters. The summed E-state index contributed by atoms with van der Waals surface area (Å²) in [5.74, 6) is 0. The van der Waals surface area contributed by atoms with Crippen LogP contribution < -0.4 is 0 Å². The quantitative estimate of drug-likeness (QED) is 0.815. The number of aromatic nitrogens is 1. The highest BCUT2D eigenvalue weighted by atomic mass is 32.1. The number of aryl methyl sites for hydroxylation is 1. The molecular weight excluding hydrogens is 322 g/mol. The number of rotatable bonds is 5. The van der Waals surface area contributed by atoms with Gasteiger partial charge in [-0.3, -0.25) is 9.80 Å². The van der Waals surface area contributed by atoms with Crippen molar-refractivity contribution < 1.29 is 0 Å². The lowest BCUT2D eigenvalue weighted by Crippen LogP contribution is -2.37. The molecular formula is C18H25N3S2. The fraction of sp³-hybridized carbons (Fsp3) is 0.611. The average Bonchev–Trinajstić information content (AvgIpc) is 2.88. The van der Waals surface area contributed by atoms with Crippen molar-refractivity contribution in [2.24, 2.45) is 5.41 Å². The largest absolute Gasteiger partial charge is 0.298 e. The minimum absolute atomic E-state index is 0.604. The number of hydrogen-bond donors (Lipinski definition) is 0. The Kier molecular flexibility index (Phi) is 4.30. The zero-order valence-corrected chi connectivity index (χ0v) is 15.6. The van der Waals surface area contributed by atoms with Crippen molar-refractivity contribution >= 4 is 22.7 Å². The van der Waals surface area contributed by atoms with Gasteiger partial charge in [0.1, 0.15) is 5.01 Å². The Morgan fingerprint density at radius 3 is 2.78 bits per heavy atom. The molecule has 0 N–H and O–H groups in total. The highest BCUT2D eigenvalue weighted by Gasteiger charge is 2.56. The van der Waals surface area contributed by atoms with E-state index < -0.39 is 0 Å². The van der Waals surface area contributed by atoms with E-state index in [2.05, 4.69) is 45.6 Å². The molecule has 3 heterocycles. The van der Waals surface area contributed by atoms with Crippen molar-refractivity contribution in [1.82, 2.24) is 14.8 Å². The summed E-state index contributed by atoms with van der Waals surface area (Å²) in [6.45, 7) is 6.93. The van der Waals surface area contributed by atoms with E-state index in [0.717, 1.165) is 19.1 Å². The molecule has 3 nitrogen and oxygen atoms in total. The van der Waals surface area contributed by atoms with Crippen molar-refractivity contribution in [2.45, 2.75) is 45.3 Å². The minimum Gasteiger partial charge on any atom is -0.298 e. The van der Waals surface area contributed by atoms with Crippen LogP contribution in [-0.4, -0.2) is 41.0 Å². The van der Waals surface area contributed by atoms with E-state index in [1.54, 1.807) is 16.2 Å². The number of thiophene rings is 1. The summed E-state index contributed by atoms with van der Waals surface area (Å²) in [5, 5.41) is 5.55. The predicted molar refractivity (Wildman–Crippen MR) is 98.0 cm³/mol. The van der Waals surface area contributed by atoms with E-state index in [1.807, 2.05) is 17.5 Å². The van der Waals surface area contributed by atoms with Crippen LogP contribution in [0.5, 0.6) is 0 Å². The summed E-state index contributed by atoms with van der Waals surface area (Å²) in [6.07, 6.45) is 6.04. The molecule has 0 bridgehead atoms. The summed E-state index contributed by atoms with van der Waals surface area (Å²) in [6, 6.07) is 3.02. The zero-order valence-electron chi connectivity index (χ0n) is 14.0. The van der Waals surface area contributed by atoms with Gasteiger partial charge in [0.05, 0.1) is 6.54 Å². The van der Waals surface area contributed by atoms with Gasteiger partial charge in [-0.1, -0.05) is 0 Å².